The quantitative estimate of drug-likeness (QED) is 0.443. The van der Waals surface area contributed by atoms with Crippen LogP contribution >= 0.6 is 23.2 Å². The Bertz CT molecular complexity index is 1170. The lowest BCUT2D eigenvalue weighted by atomic mass is 9.98. The smallest absolute Gasteiger partial charge is 0.251 e. The number of amides is 1. The van der Waals surface area contributed by atoms with Gasteiger partial charge in [0.1, 0.15) is 11.9 Å². The highest BCUT2D eigenvalue weighted by Gasteiger charge is 2.25. The van der Waals surface area contributed by atoms with Gasteiger partial charge in [0.15, 0.2) is 0 Å². The molecule has 4 rings (SSSR count). The van der Waals surface area contributed by atoms with Crippen LogP contribution in [0.2, 0.25) is 10.0 Å². The predicted molar refractivity (Wildman–Crippen MR) is 123 cm³/mol. The number of hydrogen-bond acceptors (Lipinski definition) is 3. The van der Waals surface area contributed by atoms with Crippen LogP contribution < -0.4 is 10.1 Å². The molecule has 1 N–H and O–H groups in total. The van der Waals surface area contributed by atoms with Gasteiger partial charge in [-0.2, -0.15) is 5.26 Å². The Morgan fingerprint density at radius 1 is 1.10 bits per heavy atom. The van der Waals surface area contributed by atoms with Crippen molar-refractivity contribution in [1.82, 2.24) is 5.32 Å². The van der Waals surface area contributed by atoms with Crippen LogP contribution in [-0.2, 0) is 6.42 Å². The van der Waals surface area contributed by atoms with E-state index in [1.54, 1.807) is 24.3 Å². The van der Waals surface area contributed by atoms with Gasteiger partial charge in [-0.3, -0.25) is 4.79 Å². The monoisotopic (exact) mass is 450 g/mol. The van der Waals surface area contributed by atoms with E-state index < -0.39 is 0 Å². The van der Waals surface area contributed by atoms with Crippen molar-refractivity contribution in [3.63, 3.8) is 0 Å². The molecule has 0 aliphatic heterocycles. The third kappa shape index (κ3) is 4.85. The SMILES string of the molecule is N#CCCNC(=O)c1cccc(-c2ccc3c(c2)C(Oc2ccc(Cl)cc2Cl)CC3)c1. The summed E-state index contributed by atoms with van der Waals surface area (Å²) in [6, 6.07) is 21.1. The Hall–Kier alpha value is -3.00. The number of aryl methyl sites for hydroxylation is 1. The van der Waals surface area contributed by atoms with E-state index in [2.05, 4.69) is 23.5 Å². The summed E-state index contributed by atoms with van der Waals surface area (Å²) in [6.07, 6.45) is 2.01. The number of ether oxygens (including phenoxy) is 1. The molecule has 0 saturated carbocycles. The van der Waals surface area contributed by atoms with Crippen molar-refractivity contribution in [2.75, 3.05) is 6.54 Å². The van der Waals surface area contributed by atoms with Crippen LogP contribution in [0.1, 0.15) is 40.4 Å². The number of nitrogens with zero attached hydrogens (tertiary/aromatic N) is 1. The largest absolute Gasteiger partial charge is 0.484 e. The molecule has 1 unspecified atom stereocenters. The van der Waals surface area contributed by atoms with Gasteiger partial charge in [-0.1, -0.05) is 47.5 Å². The molecular formula is C25H20Cl2N2O2. The molecule has 0 spiro atoms. The summed E-state index contributed by atoms with van der Waals surface area (Å²) in [6.45, 7) is 0.338. The van der Waals surface area contributed by atoms with E-state index in [0.29, 0.717) is 27.9 Å². The highest BCUT2D eigenvalue weighted by Crippen LogP contribution is 2.39. The van der Waals surface area contributed by atoms with Crippen LogP contribution in [0.4, 0.5) is 0 Å². The molecule has 0 radical (unpaired) electrons. The normalized spacial score (nSPS) is 14.5. The third-order valence-corrected chi connectivity index (χ3v) is 5.84. The fourth-order valence-electron chi connectivity index (χ4n) is 3.76. The number of fused-ring (bicyclic) bond motifs is 1. The second-order valence-electron chi connectivity index (χ2n) is 7.38. The Balaban J connectivity index is 1.57. The van der Waals surface area contributed by atoms with Crippen molar-refractivity contribution >= 4 is 29.1 Å². The Morgan fingerprint density at radius 3 is 2.74 bits per heavy atom. The molecule has 0 saturated heterocycles. The maximum absolute atomic E-state index is 12.3. The summed E-state index contributed by atoms with van der Waals surface area (Å²) in [7, 11) is 0. The van der Waals surface area contributed by atoms with Crippen LogP contribution in [0.5, 0.6) is 5.75 Å². The second-order valence-corrected chi connectivity index (χ2v) is 8.22. The number of benzene rings is 3. The molecule has 6 heteroatoms. The minimum atomic E-state index is -0.183. The fourth-order valence-corrected chi connectivity index (χ4v) is 4.22. The van der Waals surface area contributed by atoms with Crippen molar-refractivity contribution in [2.24, 2.45) is 0 Å². The molecule has 1 aliphatic rings. The van der Waals surface area contributed by atoms with E-state index in [1.165, 1.54) is 5.56 Å². The second kappa shape index (κ2) is 9.43. The number of rotatable bonds is 6. The van der Waals surface area contributed by atoms with Gasteiger partial charge in [-0.05, 0) is 71.5 Å². The van der Waals surface area contributed by atoms with Crippen LogP contribution in [0.15, 0.2) is 60.7 Å². The average Bonchev–Trinajstić information content (AvgIpc) is 3.18. The fraction of sp³-hybridized carbons (Fsp3) is 0.200. The maximum atomic E-state index is 12.3. The van der Waals surface area contributed by atoms with Crippen LogP contribution in [0, 0.1) is 11.3 Å². The van der Waals surface area contributed by atoms with Gasteiger partial charge < -0.3 is 10.1 Å². The Kier molecular flexibility index (Phi) is 6.46. The van der Waals surface area contributed by atoms with Gasteiger partial charge in [0.2, 0.25) is 0 Å². The van der Waals surface area contributed by atoms with E-state index in [9.17, 15) is 4.79 Å². The molecule has 3 aromatic rings. The number of nitrogens with one attached hydrogen (secondary N) is 1. The Morgan fingerprint density at radius 2 is 1.94 bits per heavy atom. The standard InChI is InChI=1S/C25H20Cl2N2O2/c26-20-8-10-24(22(27)15-20)31-23-9-7-16-5-6-18(14-21(16)23)17-3-1-4-19(13-17)25(30)29-12-2-11-28/h1,3-6,8,10,13-15,23H,2,7,9,12H2,(H,29,30). The molecule has 1 atom stereocenters. The Labute approximate surface area is 191 Å². The predicted octanol–water partition coefficient (Wildman–Crippen LogP) is 6.37. The van der Waals surface area contributed by atoms with Gasteiger partial charge >= 0.3 is 0 Å². The molecule has 0 fully saturated rings. The minimum Gasteiger partial charge on any atom is -0.484 e. The van der Waals surface area contributed by atoms with Crippen molar-refractivity contribution in [1.29, 1.82) is 5.26 Å². The molecule has 1 aliphatic carbocycles. The number of hydrogen-bond donors (Lipinski definition) is 1. The van der Waals surface area contributed by atoms with Gasteiger partial charge in [0.25, 0.3) is 5.91 Å². The van der Waals surface area contributed by atoms with Crippen molar-refractivity contribution in [3.8, 4) is 22.9 Å². The van der Waals surface area contributed by atoms with Gasteiger partial charge in [0, 0.05) is 17.1 Å². The number of carbonyl (C=O) groups is 1. The zero-order valence-corrected chi connectivity index (χ0v) is 18.2. The number of halogens is 2. The van der Waals surface area contributed by atoms with E-state index >= 15 is 0 Å². The number of carbonyl (C=O) groups excluding carboxylic acids is 1. The lowest BCUT2D eigenvalue weighted by molar-refractivity contribution is 0.0954. The molecule has 31 heavy (non-hydrogen) atoms. The van der Waals surface area contributed by atoms with E-state index in [0.717, 1.165) is 29.5 Å². The summed E-state index contributed by atoms with van der Waals surface area (Å²) >= 11 is 12.3. The topological polar surface area (TPSA) is 62.1 Å². The van der Waals surface area contributed by atoms with E-state index in [1.807, 2.05) is 24.3 Å². The first-order chi connectivity index (χ1) is 15.0. The van der Waals surface area contributed by atoms with Crippen LogP contribution in [-0.4, -0.2) is 12.5 Å². The van der Waals surface area contributed by atoms with E-state index in [4.69, 9.17) is 33.2 Å². The van der Waals surface area contributed by atoms with Crippen LogP contribution in [0.25, 0.3) is 11.1 Å². The summed E-state index contributed by atoms with van der Waals surface area (Å²) in [5.74, 6) is 0.433. The first kappa shape index (κ1) is 21.2. The zero-order chi connectivity index (χ0) is 21.8. The summed E-state index contributed by atoms with van der Waals surface area (Å²) in [5.41, 5.74) is 4.92. The lowest BCUT2D eigenvalue weighted by Crippen LogP contribution is -2.24. The molecule has 3 aromatic carbocycles. The first-order valence-corrected chi connectivity index (χ1v) is 10.8. The molecular weight excluding hydrogens is 431 g/mol. The number of nitriles is 1. The average molecular weight is 451 g/mol. The molecule has 0 heterocycles. The molecule has 4 nitrogen and oxygen atoms in total. The van der Waals surface area contributed by atoms with Crippen molar-refractivity contribution < 1.29 is 9.53 Å². The maximum Gasteiger partial charge on any atom is 0.251 e. The first-order valence-electron chi connectivity index (χ1n) is 10.1. The summed E-state index contributed by atoms with van der Waals surface area (Å²) in [4.78, 5) is 12.3. The van der Waals surface area contributed by atoms with Gasteiger partial charge in [-0.15, -0.1) is 0 Å². The van der Waals surface area contributed by atoms with Gasteiger partial charge in [-0.25, -0.2) is 0 Å². The van der Waals surface area contributed by atoms with Crippen molar-refractivity contribution in [3.05, 3.63) is 87.4 Å². The van der Waals surface area contributed by atoms with Crippen molar-refractivity contribution in [2.45, 2.75) is 25.4 Å². The summed E-state index contributed by atoms with van der Waals surface area (Å²) in [5, 5.41) is 12.5. The summed E-state index contributed by atoms with van der Waals surface area (Å²) < 4.78 is 6.21. The zero-order valence-electron chi connectivity index (χ0n) is 16.7. The molecule has 0 aromatic heterocycles. The minimum absolute atomic E-state index is 0.0916. The highest BCUT2D eigenvalue weighted by molar-refractivity contribution is 6.35. The third-order valence-electron chi connectivity index (χ3n) is 5.31. The van der Waals surface area contributed by atoms with Gasteiger partial charge in [0.05, 0.1) is 17.5 Å². The molecule has 1 amide bonds. The molecule has 0 bridgehead atoms. The van der Waals surface area contributed by atoms with Crippen LogP contribution in [0.3, 0.4) is 0 Å². The highest BCUT2D eigenvalue weighted by atomic mass is 35.5. The lowest BCUT2D eigenvalue weighted by Gasteiger charge is -2.17. The van der Waals surface area contributed by atoms with E-state index in [-0.39, 0.29) is 18.4 Å². The molecule has 156 valence electrons.